The second-order valence-corrected chi connectivity index (χ2v) is 15.8. The zero-order chi connectivity index (χ0) is 23.5. The third-order valence-electron chi connectivity index (χ3n) is 13.6. The van der Waals surface area contributed by atoms with E-state index < -0.39 is 0 Å². The Hall–Kier alpha value is -0.300. The zero-order valence-corrected chi connectivity index (χ0v) is 22.8. The number of hydrogen-bond acceptors (Lipinski definition) is 1. The van der Waals surface area contributed by atoms with Crippen LogP contribution in [0.4, 0.5) is 0 Å². The molecule has 182 valence electrons. The minimum atomic E-state index is -0.152. The highest BCUT2D eigenvalue weighted by molar-refractivity contribution is 5.33. The predicted octanol–water partition coefficient (Wildman–Crippen LogP) is 8.41. The summed E-state index contributed by atoms with van der Waals surface area (Å²) in [6.45, 7) is 22.9. The average Bonchev–Trinajstić information content (AvgIpc) is 2.68. The van der Waals surface area contributed by atoms with Crippen LogP contribution in [0.2, 0.25) is 0 Å². The molecule has 4 saturated carbocycles. The molecule has 5 rings (SSSR count). The van der Waals surface area contributed by atoms with E-state index in [1.165, 1.54) is 51.4 Å². The molecule has 0 aromatic rings. The van der Waals surface area contributed by atoms with E-state index in [2.05, 4.69) is 68.4 Å². The molecule has 0 aromatic carbocycles. The van der Waals surface area contributed by atoms with E-state index >= 15 is 0 Å². The predicted molar refractivity (Wildman–Crippen MR) is 135 cm³/mol. The van der Waals surface area contributed by atoms with Crippen LogP contribution < -0.4 is 0 Å². The van der Waals surface area contributed by atoms with Crippen molar-refractivity contribution in [3.8, 4) is 0 Å². The molecule has 0 aromatic heterocycles. The summed E-state index contributed by atoms with van der Waals surface area (Å²) < 4.78 is 0. The lowest BCUT2D eigenvalue weighted by Gasteiger charge is -2.72. The van der Waals surface area contributed by atoms with E-state index in [0.29, 0.717) is 33.5 Å². The van der Waals surface area contributed by atoms with E-state index in [9.17, 15) is 5.11 Å². The monoisotopic (exact) mass is 440 g/mol. The molecule has 0 amide bonds. The third kappa shape index (κ3) is 2.79. The Balaban J connectivity index is 1.58. The molecule has 0 heterocycles. The average molecular weight is 441 g/mol. The van der Waals surface area contributed by atoms with Gasteiger partial charge in [-0.15, -0.1) is 0 Å². The molecule has 32 heavy (non-hydrogen) atoms. The minimum absolute atomic E-state index is 0.152. The molecule has 1 heteroatoms. The summed E-state index contributed by atoms with van der Waals surface area (Å²) in [6.07, 6.45) is 14.6. The standard InChI is InChI=1S/C31H52O/c1-20-23(32)19-29(7)24(27(20,4)5)12-13-31(9)25(29)11-10-21-22-18-26(2,3)14-15-28(22,6)16-17-30(21,31)8/h10,20,22-25,32H,11-19H2,1-9H3/t20-,22?,23-,24?,25?,28+,29-,30+,31+/m0/s1. The lowest BCUT2D eigenvalue weighted by Crippen LogP contribution is -2.65. The molecule has 0 aliphatic heterocycles. The van der Waals surface area contributed by atoms with Crippen LogP contribution in [0.1, 0.15) is 120 Å². The van der Waals surface area contributed by atoms with Crippen molar-refractivity contribution < 1.29 is 5.11 Å². The molecule has 5 aliphatic rings. The van der Waals surface area contributed by atoms with Gasteiger partial charge in [-0.25, -0.2) is 0 Å². The number of rotatable bonds is 0. The van der Waals surface area contributed by atoms with Crippen LogP contribution in [-0.2, 0) is 0 Å². The van der Waals surface area contributed by atoms with E-state index in [4.69, 9.17) is 0 Å². The van der Waals surface area contributed by atoms with Gasteiger partial charge in [-0.3, -0.25) is 0 Å². The maximum Gasteiger partial charge on any atom is 0.0576 e. The van der Waals surface area contributed by atoms with E-state index in [-0.39, 0.29) is 16.9 Å². The largest absolute Gasteiger partial charge is 0.393 e. The maximum atomic E-state index is 11.2. The van der Waals surface area contributed by atoms with Gasteiger partial charge in [-0.2, -0.15) is 0 Å². The number of aliphatic hydroxyl groups excluding tert-OH is 1. The summed E-state index contributed by atoms with van der Waals surface area (Å²) in [5.74, 6) is 2.61. The first-order valence-electron chi connectivity index (χ1n) is 14.0. The van der Waals surface area contributed by atoms with E-state index in [0.717, 1.165) is 18.3 Å². The Morgan fingerprint density at radius 2 is 1.47 bits per heavy atom. The van der Waals surface area contributed by atoms with Gasteiger partial charge in [0.15, 0.2) is 0 Å². The molecule has 0 bridgehead atoms. The fraction of sp³-hybridized carbons (Fsp3) is 0.935. The highest BCUT2D eigenvalue weighted by Crippen LogP contribution is 2.76. The minimum Gasteiger partial charge on any atom is -0.393 e. The zero-order valence-electron chi connectivity index (χ0n) is 22.8. The SMILES string of the molecule is C[C@H]1[C@@H](O)C[C@@]2(C)C(CC[C@]3(C)C2CC=C2C4CC(C)(C)CC[C@]4(C)CC[C@]23C)C1(C)C. The summed E-state index contributed by atoms with van der Waals surface area (Å²) in [7, 11) is 0. The maximum absolute atomic E-state index is 11.2. The number of allylic oxidation sites excluding steroid dienone is 2. The van der Waals surface area contributed by atoms with Gasteiger partial charge in [0.05, 0.1) is 6.10 Å². The second kappa shape index (κ2) is 6.67. The molecule has 5 aliphatic carbocycles. The first-order valence-corrected chi connectivity index (χ1v) is 14.0. The molecule has 1 N–H and O–H groups in total. The summed E-state index contributed by atoms with van der Waals surface area (Å²) >= 11 is 0. The molecule has 3 unspecified atom stereocenters. The van der Waals surface area contributed by atoms with Crippen molar-refractivity contribution in [1.29, 1.82) is 0 Å². The molecular formula is C31H52O. The Bertz CT molecular complexity index is 820. The first-order chi connectivity index (χ1) is 14.6. The van der Waals surface area contributed by atoms with Crippen LogP contribution in [0, 0.1) is 56.2 Å². The Kier molecular flexibility index (Phi) is 4.89. The number of hydrogen-bond donors (Lipinski definition) is 1. The highest BCUT2D eigenvalue weighted by Gasteiger charge is 2.68. The fourth-order valence-corrected chi connectivity index (χ4v) is 10.8. The smallest absolute Gasteiger partial charge is 0.0576 e. The summed E-state index contributed by atoms with van der Waals surface area (Å²) in [4.78, 5) is 0. The third-order valence-corrected chi connectivity index (χ3v) is 13.6. The van der Waals surface area contributed by atoms with Gasteiger partial charge in [-0.1, -0.05) is 74.0 Å². The van der Waals surface area contributed by atoms with Crippen LogP contribution in [0.3, 0.4) is 0 Å². The Morgan fingerprint density at radius 3 is 2.16 bits per heavy atom. The van der Waals surface area contributed by atoms with Crippen molar-refractivity contribution in [3.05, 3.63) is 11.6 Å². The van der Waals surface area contributed by atoms with Gasteiger partial charge in [0.25, 0.3) is 0 Å². The van der Waals surface area contributed by atoms with Gasteiger partial charge >= 0.3 is 0 Å². The second-order valence-electron chi connectivity index (χ2n) is 15.8. The van der Waals surface area contributed by atoms with Crippen molar-refractivity contribution in [2.75, 3.05) is 0 Å². The highest BCUT2D eigenvalue weighted by atomic mass is 16.3. The molecule has 1 nitrogen and oxygen atoms in total. The quantitative estimate of drug-likeness (QED) is 0.375. The van der Waals surface area contributed by atoms with E-state index in [1.54, 1.807) is 0 Å². The van der Waals surface area contributed by atoms with Gasteiger partial charge in [0.2, 0.25) is 0 Å². The van der Waals surface area contributed by atoms with Crippen molar-refractivity contribution in [1.82, 2.24) is 0 Å². The summed E-state index contributed by atoms with van der Waals surface area (Å²) in [5, 5.41) is 11.2. The fourth-order valence-electron chi connectivity index (χ4n) is 10.8. The first kappa shape index (κ1) is 23.4. The molecule has 4 fully saturated rings. The number of aliphatic hydroxyl groups is 1. The lowest BCUT2D eigenvalue weighted by atomic mass is 9.33. The van der Waals surface area contributed by atoms with Crippen molar-refractivity contribution in [3.63, 3.8) is 0 Å². The number of fused-ring (bicyclic) bond motifs is 7. The van der Waals surface area contributed by atoms with Crippen LogP contribution in [0.15, 0.2) is 11.6 Å². The molecule has 0 radical (unpaired) electrons. The van der Waals surface area contributed by atoms with Crippen molar-refractivity contribution >= 4 is 0 Å². The normalized spacial score (nSPS) is 56.2. The topological polar surface area (TPSA) is 20.2 Å². The molecule has 0 spiro atoms. The van der Waals surface area contributed by atoms with Crippen LogP contribution in [0.5, 0.6) is 0 Å². The Morgan fingerprint density at radius 1 is 0.812 bits per heavy atom. The molecule has 0 saturated heterocycles. The molecule has 9 atom stereocenters. The van der Waals surface area contributed by atoms with Gasteiger partial charge in [-0.05, 0) is 114 Å². The van der Waals surface area contributed by atoms with Crippen LogP contribution in [0.25, 0.3) is 0 Å². The summed E-state index contributed by atoms with van der Waals surface area (Å²) in [6, 6.07) is 0. The summed E-state index contributed by atoms with van der Waals surface area (Å²) in [5.41, 5.74) is 4.03. The van der Waals surface area contributed by atoms with Crippen molar-refractivity contribution in [2.24, 2.45) is 56.2 Å². The van der Waals surface area contributed by atoms with Gasteiger partial charge in [0.1, 0.15) is 0 Å². The van der Waals surface area contributed by atoms with E-state index in [1.807, 2.05) is 5.57 Å². The van der Waals surface area contributed by atoms with Crippen LogP contribution in [-0.4, -0.2) is 11.2 Å². The Labute approximate surface area is 199 Å². The molecular weight excluding hydrogens is 388 g/mol. The van der Waals surface area contributed by atoms with Gasteiger partial charge < -0.3 is 5.11 Å². The van der Waals surface area contributed by atoms with Gasteiger partial charge in [0, 0.05) is 0 Å². The lowest BCUT2D eigenvalue weighted by molar-refractivity contribution is -0.213. The van der Waals surface area contributed by atoms with Crippen molar-refractivity contribution in [2.45, 2.75) is 126 Å². The van der Waals surface area contributed by atoms with Crippen LogP contribution >= 0.6 is 0 Å².